The minimum Gasteiger partial charge on any atom is -0.318 e. The van der Waals surface area contributed by atoms with Crippen molar-refractivity contribution in [2.24, 2.45) is 0 Å². The molecule has 2 rings (SSSR count). The highest BCUT2D eigenvalue weighted by molar-refractivity contribution is 6.29. The highest BCUT2D eigenvalue weighted by Crippen LogP contribution is 2.20. The molecule has 0 radical (unpaired) electrons. The van der Waals surface area contributed by atoms with E-state index in [1.54, 1.807) is 0 Å². The lowest BCUT2D eigenvalue weighted by Crippen LogP contribution is -2.15. The molecule has 0 bridgehead atoms. The van der Waals surface area contributed by atoms with Gasteiger partial charge in [-0.05, 0) is 24.3 Å². The number of halogens is 4. The number of hydrogen-bond donors (Lipinski definition) is 1. The van der Waals surface area contributed by atoms with E-state index >= 15 is 0 Å². The summed E-state index contributed by atoms with van der Waals surface area (Å²) in [5.74, 6) is -5.25. The number of carbonyl (C=O) groups excluding carboxylic acids is 1. The maximum atomic E-state index is 13.3. The van der Waals surface area contributed by atoms with Crippen molar-refractivity contribution in [3.63, 3.8) is 0 Å². The van der Waals surface area contributed by atoms with E-state index in [1.807, 2.05) is 0 Å². The largest absolute Gasteiger partial charge is 0.318 e. The first-order chi connectivity index (χ1) is 8.99. The number of benzene rings is 1. The number of pyridine rings is 1. The van der Waals surface area contributed by atoms with E-state index in [1.165, 1.54) is 18.2 Å². The molecular formula is C12H6ClF3N2O. The average molecular weight is 287 g/mol. The average Bonchev–Trinajstić information content (AvgIpc) is 2.39. The van der Waals surface area contributed by atoms with Gasteiger partial charge in [0.25, 0.3) is 5.91 Å². The number of hydrogen-bond acceptors (Lipinski definition) is 2. The van der Waals surface area contributed by atoms with E-state index in [0.29, 0.717) is 6.07 Å². The Morgan fingerprint density at radius 1 is 1.11 bits per heavy atom. The fourth-order valence-electron chi connectivity index (χ4n) is 1.34. The Bertz CT molecular complexity index is 649. The number of anilines is 1. The Hall–Kier alpha value is -2.08. The first-order valence-corrected chi connectivity index (χ1v) is 5.44. The zero-order valence-corrected chi connectivity index (χ0v) is 10.0. The van der Waals surface area contributed by atoms with Crippen LogP contribution < -0.4 is 5.32 Å². The van der Waals surface area contributed by atoms with Gasteiger partial charge in [0, 0.05) is 0 Å². The van der Waals surface area contributed by atoms with Gasteiger partial charge >= 0.3 is 0 Å². The van der Waals surface area contributed by atoms with Crippen molar-refractivity contribution in [1.82, 2.24) is 4.98 Å². The molecule has 0 spiro atoms. The van der Waals surface area contributed by atoms with Gasteiger partial charge in [-0.1, -0.05) is 17.7 Å². The summed E-state index contributed by atoms with van der Waals surface area (Å²) in [4.78, 5) is 15.4. The van der Waals surface area contributed by atoms with E-state index in [2.05, 4.69) is 10.3 Å². The summed E-state index contributed by atoms with van der Waals surface area (Å²) in [6.45, 7) is 0. The SMILES string of the molecule is O=C(Nc1ccc(F)c(F)c1F)c1cccc(Cl)n1. The molecule has 0 aliphatic carbocycles. The molecule has 0 fully saturated rings. The summed E-state index contributed by atoms with van der Waals surface area (Å²) >= 11 is 5.59. The van der Waals surface area contributed by atoms with Crippen LogP contribution in [0.15, 0.2) is 30.3 Å². The van der Waals surface area contributed by atoms with Crippen LogP contribution in [0.4, 0.5) is 18.9 Å². The van der Waals surface area contributed by atoms with Crippen LogP contribution in [0.3, 0.4) is 0 Å². The third-order valence-electron chi connectivity index (χ3n) is 2.23. The fraction of sp³-hybridized carbons (Fsp3) is 0. The van der Waals surface area contributed by atoms with Crippen molar-refractivity contribution in [2.45, 2.75) is 0 Å². The van der Waals surface area contributed by atoms with Gasteiger partial charge in [-0.25, -0.2) is 18.2 Å². The molecule has 0 atom stereocenters. The molecule has 1 aromatic heterocycles. The Kier molecular flexibility index (Phi) is 3.71. The maximum Gasteiger partial charge on any atom is 0.274 e. The van der Waals surface area contributed by atoms with Crippen molar-refractivity contribution < 1.29 is 18.0 Å². The monoisotopic (exact) mass is 286 g/mol. The number of rotatable bonds is 2. The summed E-state index contributed by atoms with van der Waals surface area (Å²) in [5, 5.41) is 2.16. The second kappa shape index (κ2) is 5.27. The van der Waals surface area contributed by atoms with Crippen LogP contribution in [0.2, 0.25) is 5.15 Å². The van der Waals surface area contributed by atoms with Gasteiger partial charge in [0.05, 0.1) is 5.69 Å². The van der Waals surface area contributed by atoms with Gasteiger partial charge in [0.2, 0.25) is 0 Å². The van der Waals surface area contributed by atoms with Gasteiger partial charge in [-0.15, -0.1) is 0 Å². The van der Waals surface area contributed by atoms with Crippen LogP contribution in [0.5, 0.6) is 0 Å². The Morgan fingerprint density at radius 2 is 1.84 bits per heavy atom. The molecule has 0 unspecified atom stereocenters. The Labute approximate surface area is 111 Å². The molecule has 1 N–H and O–H groups in total. The van der Waals surface area contributed by atoms with Gasteiger partial charge in [-0.3, -0.25) is 4.79 Å². The second-order valence-corrected chi connectivity index (χ2v) is 3.91. The molecule has 2 aromatic rings. The van der Waals surface area contributed by atoms with Gasteiger partial charge < -0.3 is 5.32 Å². The molecule has 0 saturated carbocycles. The first kappa shape index (κ1) is 13.4. The third kappa shape index (κ3) is 2.85. The van der Waals surface area contributed by atoms with Crippen molar-refractivity contribution in [3.05, 3.63) is 58.6 Å². The summed E-state index contributed by atoms with van der Waals surface area (Å²) < 4.78 is 39.0. The van der Waals surface area contributed by atoms with Crippen LogP contribution in [-0.2, 0) is 0 Å². The quantitative estimate of drug-likeness (QED) is 0.679. The predicted octanol–water partition coefficient (Wildman–Crippen LogP) is 3.40. The highest BCUT2D eigenvalue weighted by Gasteiger charge is 2.16. The lowest BCUT2D eigenvalue weighted by Gasteiger charge is -2.06. The minimum atomic E-state index is -1.66. The van der Waals surface area contributed by atoms with E-state index < -0.39 is 29.0 Å². The molecule has 1 aromatic carbocycles. The molecule has 0 aliphatic heterocycles. The predicted molar refractivity (Wildman–Crippen MR) is 63.5 cm³/mol. The topological polar surface area (TPSA) is 42.0 Å². The van der Waals surface area contributed by atoms with E-state index in [-0.39, 0.29) is 10.8 Å². The summed E-state index contributed by atoms with van der Waals surface area (Å²) in [7, 11) is 0. The fourth-order valence-corrected chi connectivity index (χ4v) is 1.51. The van der Waals surface area contributed by atoms with Gasteiger partial charge in [0.15, 0.2) is 17.5 Å². The van der Waals surface area contributed by atoms with Crippen LogP contribution in [0.1, 0.15) is 10.5 Å². The summed E-state index contributed by atoms with van der Waals surface area (Å²) in [5.41, 5.74) is -0.553. The van der Waals surface area contributed by atoms with E-state index in [9.17, 15) is 18.0 Å². The van der Waals surface area contributed by atoms with E-state index in [0.717, 1.165) is 6.07 Å². The van der Waals surface area contributed by atoms with Crippen LogP contribution in [-0.4, -0.2) is 10.9 Å². The Balaban J connectivity index is 2.27. The number of nitrogens with one attached hydrogen (secondary N) is 1. The lowest BCUT2D eigenvalue weighted by atomic mass is 10.2. The molecule has 19 heavy (non-hydrogen) atoms. The standard InChI is InChI=1S/C12H6ClF3N2O/c13-9-3-1-2-8(17-9)12(19)18-7-5-4-6(14)10(15)11(7)16/h1-5H,(H,18,19). The van der Waals surface area contributed by atoms with Crippen molar-refractivity contribution in [1.29, 1.82) is 0 Å². The lowest BCUT2D eigenvalue weighted by molar-refractivity contribution is 0.102. The van der Waals surface area contributed by atoms with Crippen LogP contribution in [0, 0.1) is 17.5 Å². The normalized spacial score (nSPS) is 10.3. The summed E-state index contributed by atoms with van der Waals surface area (Å²) in [6.07, 6.45) is 0. The molecule has 0 aliphatic rings. The molecule has 7 heteroatoms. The molecule has 98 valence electrons. The number of carbonyl (C=O) groups is 1. The molecule has 1 heterocycles. The zero-order chi connectivity index (χ0) is 14.0. The number of aromatic nitrogens is 1. The van der Waals surface area contributed by atoms with Crippen LogP contribution in [0.25, 0.3) is 0 Å². The zero-order valence-electron chi connectivity index (χ0n) is 9.25. The van der Waals surface area contributed by atoms with E-state index in [4.69, 9.17) is 11.6 Å². The molecule has 1 amide bonds. The van der Waals surface area contributed by atoms with Crippen LogP contribution >= 0.6 is 11.6 Å². The minimum absolute atomic E-state index is 0.0726. The van der Waals surface area contributed by atoms with Crippen molar-refractivity contribution in [3.8, 4) is 0 Å². The number of amides is 1. The Morgan fingerprint density at radius 3 is 2.53 bits per heavy atom. The molecular weight excluding hydrogens is 281 g/mol. The first-order valence-electron chi connectivity index (χ1n) is 5.06. The van der Waals surface area contributed by atoms with Crippen molar-refractivity contribution >= 4 is 23.2 Å². The molecule has 3 nitrogen and oxygen atoms in total. The highest BCUT2D eigenvalue weighted by atomic mass is 35.5. The third-order valence-corrected chi connectivity index (χ3v) is 2.44. The van der Waals surface area contributed by atoms with Gasteiger partial charge in [-0.2, -0.15) is 0 Å². The maximum absolute atomic E-state index is 13.3. The van der Waals surface area contributed by atoms with Gasteiger partial charge in [0.1, 0.15) is 10.8 Å². The smallest absolute Gasteiger partial charge is 0.274 e. The molecule has 0 saturated heterocycles. The number of nitrogens with zero attached hydrogens (tertiary/aromatic N) is 1. The second-order valence-electron chi connectivity index (χ2n) is 3.52. The summed E-state index contributed by atoms with van der Waals surface area (Å²) in [6, 6.07) is 5.90. The van der Waals surface area contributed by atoms with Crippen molar-refractivity contribution in [2.75, 3.05) is 5.32 Å².